The lowest BCUT2D eigenvalue weighted by Crippen LogP contribution is -2.27. The van der Waals surface area contributed by atoms with E-state index in [4.69, 9.17) is 6.58 Å². The summed E-state index contributed by atoms with van der Waals surface area (Å²) >= 11 is 0. The molecule has 0 fully saturated rings. The second-order valence-corrected chi connectivity index (χ2v) is 16.0. The van der Waals surface area contributed by atoms with Gasteiger partial charge in [-0.3, -0.25) is 0 Å². The molecule has 1 heteroatoms. The van der Waals surface area contributed by atoms with Gasteiger partial charge in [0.15, 0.2) is 0 Å². The van der Waals surface area contributed by atoms with Crippen molar-refractivity contribution in [3.05, 3.63) is 247 Å². The fourth-order valence-corrected chi connectivity index (χ4v) is 8.99. The Morgan fingerprint density at radius 3 is 1.91 bits per heavy atom. The van der Waals surface area contributed by atoms with Crippen molar-refractivity contribution in [1.82, 2.24) is 0 Å². The number of allylic oxidation sites excluding steroid dienone is 9. The van der Waals surface area contributed by atoms with Crippen molar-refractivity contribution in [2.75, 3.05) is 4.90 Å². The lowest BCUT2D eigenvalue weighted by atomic mass is 9.91. The molecule has 0 aliphatic heterocycles. The van der Waals surface area contributed by atoms with Crippen LogP contribution in [0.1, 0.15) is 64.5 Å². The Morgan fingerprint density at radius 2 is 1.17 bits per heavy atom. The second kappa shape index (κ2) is 21.3. The van der Waals surface area contributed by atoms with Gasteiger partial charge in [-0.25, -0.2) is 0 Å². The summed E-state index contributed by atoms with van der Waals surface area (Å²) in [6.45, 7) is 12.8. The van der Waals surface area contributed by atoms with Crippen LogP contribution in [-0.2, 0) is 0 Å². The minimum absolute atomic E-state index is 0.946. The smallest absolute Gasteiger partial charge is 0.0473 e. The van der Waals surface area contributed by atoms with E-state index in [1.165, 1.54) is 65.4 Å². The van der Waals surface area contributed by atoms with Gasteiger partial charge in [-0.05, 0) is 157 Å². The number of hydrogen-bond acceptors (Lipinski definition) is 1. The molecule has 0 N–H and O–H groups in total. The maximum absolute atomic E-state index is 4.80. The van der Waals surface area contributed by atoms with Gasteiger partial charge in [0, 0.05) is 17.1 Å². The summed E-state index contributed by atoms with van der Waals surface area (Å²) in [6.07, 6.45) is 22.0. The number of nitrogens with zero attached hydrogens (tertiary/aromatic N) is 1. The van der Waals surface area contributed by atoms with Crippen molar-refractivity contribution in [3.63, 3.8) is 0 Å². The molecule has 0 heterocycles. The fourth-order valence-electron chi connectivity index (χ4n) is 8.99. The molecule has 320 valence electrons. The minimum Gasteiger partial charge on any atom is -0.310 e. The molecule has 65 heavy (non-hydrogen) atoms. The highest BCUT2D eigenvalue weighted by Gasteiger charge is 2.18. The quantitative estimate of drug-likeness (QED) is 0.109. The Labute approximate surface area is 386 Å². The SMILES string of the molecule is C=C(/C=c1/cccc/c1=C1/CC=CCC1)c1cc(-c2cc3ccccc3c3ccccc23)cc(N(c2ccc(C3=CC=CCC=C3)cc2)c2ccc(-c3ccccc3)cc2)c1.CC.CC. The summed E-state index contributed by atoms with van der Waals surface area (Å²) in [5.74, 6) is 0. The van der Waals surface area contributed by atoms with Crippen molar-refractivity contribution in [3.8, 4) is 22.3 Å². The molecule has 0 aromatic heterocycles. The first-order valence-corrected chi connectivity index (χ1v) is 23.4. The van der Waals surface area contributed by atoms with E-state index in [1.54, 1.807) is 0 Å². The van der Waals surface area contributed by atoms with Gasteiger partial charge in [0.25, 0.3) is 0 Å². The number of anilines is 3. The third-order valence-electron chi connectivity index (χ3n) is 12.1. The van der Waals surface area contributed by atoms with Crippen LogP contribution in [0.5, 0.6) is 0 Å². The van der Waals surface area contributed by atoms with Crippen molar-refractivity contribution in [2.24, 2.45) is 0 Å². The maximum Gasteiger partial charge on any atom is 0.0473 e. The highest BCUT2D eigenvalue weighted by atomic mass is 15.1. The van der Waals surface area contributed by atoms with Crippen LogP contribution in [0.15, 0.2) is 225 Å². The van der Waals surface area contributed by atoms with E-state index in [0.717, 1.165) is 59.4 Å². The molecule has 0 amide bonds. The molecule has 0 radical (unpaired) electrons. The third kappa shape index (κ3) is 9.86. The maximum atomic E-state index is 4.80. The molecular formula is C64H59N. The average molecular weight is 842 g/mol. The number of hydrogen-bond donors (Lipinski definition) is 0. The third-order valence-corrected chi connectivity index (χ3v) is 12.1. The van der Waals surface area contributed by atoms with Crippen LogP contribution in [0.25, 0.3) is 66.6 Å². The Kier molecular flexibility index (Phi) is 14.4. The van der Waals surface area contributed by atoms with E-state index in [9.17, 15) is 0 Å². The molecule has 0 unspecified atom stereocenters. The van der Waals surface area contributed by atoms with E-state index in [1.807, 2.05) is 27.7 Å². The molecule has 2 aliphatic carbocycles. The van der Waals surface area contributed by atoms with E-state index in [0.29, 0.717) is 0 Å². The van der Waals surface area contributed by atoms with Crippen molar-refractivity contribution >= 4 is 61.4 Å². The Morgan fingerprint density at radius 1 is 0.523 bits per heavy atom. The van der Waals surface area contributed by atoms with Gasteiger partial charge in [0.2, 0.25) is 0 Å². The predicted molar refractivity (Wildman–Crippen MR) is 286 cm³/mol. The van der Waals surface area contributed by atoms with Gasteiger partial charge < -0.3 is 4.90 Å². The van der Waals surface area contributed by atoms with Crippen LogP contribution >= 0.6 is 0 Å². The monoisotopic (exact) mass is 841 g/mol. The zero-order valence-electron chi connectivity index (χ0n) is 38.3. The molecule has 10 rings (SSSR count). The van der Waals surface area contributed by atoms with Gasteiger partial charge in [0.05, 0.1) is 0 Å². The highest BCUT2D eigenvalue weighted by Crippen LogP contribution is 2.42. The summed E-state index contributed by atoms with van der Waals surface area (Å²) < 4.78 is 0. The molecule has 0 atom stereocenters. The summed E-state index contributed by atoms with van der Waals surface area (Å²) in [7, 11) is 0. The first-order valence-electron chi connectivity index (χ1n) is 23.4. The van der Waals surface area contributed by atoms with Gasteiger partial charge in [-0.15, -0.1) is 0 Å². The first-order chi connectivity index (χ1) is 32.2. The zero-order chi connectivity index (χ0) is 45.0. The molecular weight excluding hydrogens is 783 g/mol. The Bertz CT molecular complexity index is 3170. The summed E-state index contributed by atoms with van der Waals surface area (Å²) in [4.78, 5) is 2.40. The summed E-state index contributed by atoms with van der Waals surface area (Å²) in [5.41, 5.74) is 13.9. The standard InChI is InChI=1S/C60H47N.2C2H6/c1-43(38-49-24-12-14-26-56(49)48-22-10-5-11-23-48)51-39-52(60-42-50-25-13-15-27-57(50)58-28-16-17-29-59(58)60)41-55(40-51)61(54-36-32-47(33-37-54)45-20-8-4-9-21-45)53-34-30-46(31-35-53)44-18-6-2-3-7-19-44;2*1-2/h2,4-10,12-21,24-42H,1,3,11,22-23H2;2*1-2H3/b49-38-,56-48+;;. The zero-order valence-corrected chi connectivity index (χ0v) is 38.3. The van der Waals surface area contributed by atoms with Crippen LogP contribution in [-0.4, -0.2) is 0 Å². The minimum atomic E-state index is 0.946. The Hall–Kier alpha value is -7.48. The van der Waals surface area contributed by atoms with Crippen LogP contribution < -0.4 is 15.3 Å². The van der Waals surface area contributed by atoms with Crippen molar-refractivity contribution < 1.29 is 0 Å². The van der Waals surface area contributed by atoms with Gasteiger partial charge in [-0.2, -0.15) is 0 Å². The van der Waals surface area contributed by atoms with Crippen LogP contribution in [0, 0.1) is 0 Å². The summed E-state index contributed by atoms with van der Waals surface area (Å²) in [5, 5.41) is 7.49. The topological polar surface area (TPSA) is 3.24 Å². The lowest BCUT2D eigenvalue weighted by Gasteiger charge is -2.27. The molecule has 8 aromatic rings. The van der Waals surface area contributed by atoms with Crippen LogP contribution in [0.4, 0.5) is 17.1 Å². The van der Waals surface area contributed by atoms with Gasteiger partial charge in [0.1, 0.15) is 0 Å². The van der Waals surface area contributed by atoms with E-state index in [-0.39, 0.29) is 0 Å². The van der Waals surface area contributed by atoms with Gasteiger partial charge in [-0.1, -0.05) is 210 Å². The predicted octanol–water partition coefficient (Wildman–Crippen LogP) is 17.1. The van der Waals surface area contributed by atoms with Crippen molar-refractivity contribution in [2.45, 2.75) is 53.4 Å². The molecule has 0 saturated heterocycles. The highest BCUT2D eigenvalue weighted by molar-refractivity contribution is 6.14. The molecule has 0 saturated carbocycles. The molecule has 8 aromatic carbocycles. The molecule has 0 bridgehead atoms. The van der Waals surface area contributed by atoms with Crippen molar-refractivity contribution in [1.29, 1.82) is 0 Å². The molecule has 1 nitrogen and oxygen atoms in total. The Balaban J connectivity index is 0.00000140. The molecule has 2 aliphatic rings. The lowest BCUT2D eigenvalue weighted by molar-refractivity contribution is 0.983. The first kappa shape index (κ1) is 44.1. The van der Waals surface area contributed by atoms with E-state index < -0.39 is 0 Å². The van der Waals surface area contributed by atoms with Gasteiger partial charge >= 0.3 is 0 Å². The largest absolute Gasteiger partial charge is 0.310 e. The summed E-state index contributed by atoms with van der Waals surface area (Å²) in [6, 6.07) is 64.4. The van der Waals surface area contributed by atoms with Crippen LogP contribution in [0.3, 0.4) is 0 Å². The number of fused-ring (bicyclic) bond motifs is 3. The average Bonchev–Trinajstić information content (AvgIpc) is 3.69. The second-order valence-electron chi connectivity index (χ2n) is 16.0. The van der Waals surface area contributed by atoms with E-state index in [2.05, 4.69) is 229 Å². The van der Waals surface area contributed by atoms with Crippen LogP contribution in [0.2, 0.25) is 0 Å². The fraction of sp³-hybridized carbons (Fsp3) is 0.125. The van der Waals surface area contributed by atoms with E-state index >= 15 is 0 Å². The normalized spacial score (nSPS) is 14.2. The number of rotatable bonds is 8. The number of benzene rings is 8. The molecule has 0 spiro atoms.